The number of nitrogens with zero attached hydrogens (tertiary/aromatic N) is 1. The molecule has 2 rings (SSSR count). The molecule has 6 nitrogen and oxygen atoms in total. The number of anilines is 1. The van der Waals surface area contributed by atoms with Gasteiger partial charge in [-0.1, -0.05) is 6.07 Å². The Bertz CT molecular complexity index is 555. The zero-order valence-electron chi connectivity index (χ0n) is 12.8. The van der Waals surface area contributed by atoms with E-state index in [1.165, 1.54) is 13.2 Å². The van der Waals surface area contributed by atoms with Crippen LogP contribution in [-0.4, -0.2) is 43.8 Å². The van der Waals surface area contributed by atoms with E-state index in [1.54, 1.807) is 4.90 Å². The summed E-state index contributed by atoms with van der Waals surface area (Å²) in [5, 5.41) is 4.76. The topological polar surface area (TPSA) is 70.7 Å². The summed E-state index contributed by atoms with van der Waals surface area (Å²) in [4.78, 5) is 24.7. The molecule has 0 saturated carbocycles. The van der Waals surface area contributed by atoms with Crippen LogP contribution in [0.25, 0.3) is 0 Å². The number of hydrogen-bond donors (Lipinski definition) is 2. The molecule has 1 fully saturated rings. The van der Waals surface area contributed by atoms with Crippen molar-refractivity contribution in [2.75, 3.05) is 32.1 Å². The van der Waals surface area contributed by atoms with Crippen molar-refractivity contribution in [3.8, 4) is 0 Å². The second-order valence-electron chi connectivity index (χ2n) is 5.33. The summed E-state index contributed by atoms with van der Waals surface area (Å²) >= 11 is 0. The third kappa shape index (κ3) is 4.54. The minimum atomic E-state index is -0.827. The molecule has 0 unspecified atom stereocenters. The molecule has 0 radical (unpaired) electrons. The highest BCUT2D eigenvalue weighted by atomic mass is 19.1. The SMILES string of the molecule is COC(=O)N1CCC(CNC(=O)Nc2c(F)cccc2F)CC1. The van der Waals surface area contributed by atoms with Gasteiger partial charge in [-0.25, -0.2) is 18.4 Å². The molecule has 2 N–H and O–H groups in total. The van der Waals surface area contributed by atoms with Crippen LogP contribution in [0.3, 0.4) is 0 Å². The second-order valence-corrected chi connectivity index (χ2v) is 5.33. The van der Waals surface area contributed by atoms with Gasteiger partial charge >= 0.3 is 12.1 Å². The van der Waals surface area contributed by atoms with Crippen LogP contribution in [0, 0.1) is 17.6 Å². The van der Waals surface area contributed by atoms with Crippen LogP contribution in [0.2, 0.25) is 0 Å². The van der Waals surface area contributed by atoms with Crippen molar-refractivity contribution in [1.82, 2.24) is 10.2 Å². The van der Waals surface area contributed by atoms with Crippen molar-refractivity contribution in [3.05, 3.63) is 29.8 Å². The van der Waals surface area contributed by atoms with Gasteiger partial charge in [0.15, 0.2) is 0 Å². The number of urea groups is 1. The number of hydrogen-bond acceptors (Lipinski definition) is 3. The first-order chi connectivity index (χ1) is 11.0. The fraction of sp³-hybridized carbons (Fsp3) is 0.467. The number of piperidine rings is 1. The van der Waals surface area contributed by atoms with Crippen molar-refractivity contribution >= 4 is 17.8 Å². The van der Waals surface area contributed by atoms with Crippen molar-refractivity contribution in [2.45, 2.75) is 12.8 Å². The molecular formula is C15H19F2N3O3. The van der Waals surface area contributed by atoms with Gasteiger partial charge in [-0.3, -0.25) is 0 Å². The van der Waals surface area contributed by atoms with Crippen molar-refractivity contribution in [2.24, 2.45) is 5.92 Å². The van der Waals surface area contributed by atoms with Crippen LogP contribution < -0.4 is 10.6 Å². The van der Waals surface area contributed by atoms with E-state index in [4.69, 9.17) is 0 Å². The monoisotopic (exact) mass is 327 g/mol. The molecule has 8 heteroatoms. The number of carbonyl (C=O) groups excluding carboxylic acids is 2. The lowest BCUT2D eigenvalue weighted by Crippen LogP contribution is -2.42. The summed E-state index contributed by atoms with van der Waals surface area (Å²) in [6, 6.07) is 2.70. The largest absolute Gasteiger partial charge is 0.453 e. The summed E-state index contributed by atoms with van der Waals surface area (Å²) in [6.07, 6.45) is 1.09. The van der Waals surface area contributed by atoms with Gasteiger partial charge in [-0.05, 0) is 30.9 Å². The normalized spacial score (nSPS) is 15.2. The quantitative estimate of drug-likeness (QED) is 0.896. The summed E-state index contributed by atoms with van der Waals surface area (Å²) in [7, 11) is 1.34. The number of para-hydroxylation sites is 1. The lowest BCUT2D eigenvalue weighted by molar-refractivity contribution is 0.106. The minimum Gasteiger partial charge on any atom is -0.453 e. The zero-order chi connectivity index (χ0) is 16.8. The molecule has 0 aromatic heterocycles. The molecule has 1 aromatic carbocycles. The first-order valence-corrected chi connectivity index (χ1v) is 7.33. The molecule has 1 heterocycles. The first-order valence-electron chi connectivity index (χ1n) is 7.33. The first kappa shape index (κ1) is 17.0. The standard InChI is InChI=1S/C15H19F2N3O3/c1-23-15(22)20-7-5-10(6-8-20)9-18-14(21)19-13-11(16)3-2-4-12(13)17/h2-4,10H,5-9H2,1H3,(H2,18,19,21). The van der Waals surface area contributed by atoms with E-state index in [0.717, 1.165) is 25.0 Å². The van der Waals surface area contributed by atoms with E-state index in [2.05, 4.69) is 15.4 Å². The maximum atomic E-state index is 13.4. The number of ether oxygens (including phenoxy) is 1. The van der Waals surface area contributed by atoms with E-state index < -0.39 is 23.4 Å². The average Bonchev–Trinajstić information content (AvgIpc) is 2.56. The maximum Gasteiger partial charge on any atom is 0.409 e. The van der Waals surface area contributed by atoms with E-state index in [0.29, 0.717) is 19.6 Å². The van der Waals surface area contributed by atoms with Gasteiger partial charge in [-0.15, -0.1) is 0 Å². The van der Waals surface area contributed by atoms with Gasteiger partial charge < -0.3 is 20.3 Å². The number of benzene rings is 1. The van der Waals surface area contributed by atoms with E-state index in [1.807, 2.05) is 0 Å². The molecule has 0 spiro atoms. The summed E-state index contributed by atoms with van der Waals surface area (Å²) in [5.74, 6) is -1.45. The smallest absolute Gasteiger partial charge is 0.409 e. The number of methoxy groups -OCH3 is 1. The Balaban J connectivity index is 1.76. The van der Waals surface area contributed by atoms with Crippen LogP contribution in [0.15, 0.2) is 18.2 Å². The predicted molar refractivity (Wildman–Crippen MR) is 80.1 cm³/mol. The molecule has 0 atom stereocenters. The molecular weight excluding hydrogens is 308 g/mol. The molecule has 1 aliphatic rings. The van der Waals surface area contributed by atoms with Crippen LogP contribution in [-0.2, 0) is 4.74 Å². The highest BCUT2D eigenvalue weighted by Crippen LogP contribution is 2.19. The number of rotatable bonds is 3. The molecule has 3 amide bonds. The number of carbonyl (C=O) groups is 2. The van der Waals surface area contributed by atoms with Gasteiger partial charge in [0.1, 0.15) is 17.3 Å². The molecule has 126 valence electrons. The highest BCUT2D eigenvalue weighted by molar-refractivity contribution is 5.89. The Hall–Kier alpha value is -2.38. The van der Waals surface area contributed by atoms with E-state index in [-0.39, 0.29) is 12.0 Å². The van der Waals surface area contributed by atoms with Crippen LogP contribution >= 0.6 is 0 Å². The summed E-state index contributed by atoms with van der Waals surface area (Å²) in [5.41, 5.74) is -0.467. The third-order valence-electron chi connectivity index (χ3n) is 3.80. The Kier molecular flexibility index (Phi) is 5.72. The Morgan fingerprint density at radius 2 is 1.87 bits per heavy atom. The van der Waals surface area contributed by atoms with Crippen molar-refractivity contribution in [1.29, 1.82) is 0 Å². The molecule has 1 saturated heterocycles. The van der Waals surface area contributed by atoms with Crippen LogP contribution in [0.4, 0.5) is 24.1 Å². The minimum absolute atomic E-state index is 0.201. The van der Waals surface area contributed by atoms with Crippen LogP contribution in [0.1, 0.15) is 12.8 Å². The van der Waals surface area contributed by atoms with Crippen molar-refractivity contribution in [3.63, 3.8) is 0 Å². The number of amides is 3. The fourth-order valence-corrected chi connectivity index (χ4v) is 2.46. The summed E-state index contributed by atoms with van der Waals surface area (Å²) < 4.78 is 31.5. The third-order valence-corrected chi connectivity index (χ3v) is 3.80. The Morgan fingerprint density at radius 1 is 1.26 bits per heavy atom. The highest BCUT2D eigenvalue weighted by Gasteiger charge is 2.23. The van der Waals surface area contributed by atoms with Gasteiger partial charge in [0.25, 0.3) is 0 Å². The van der Waals surface area contributed by atoms with E-state index >= 15 is 0 Å². The number of halogens is 2. The van der Waals surface area contributed by atoms with Crippen LogP contribution in [0.5, 0.6) is 0 Å². The summed E-state index contributed by atoms with van der Waals surface area (Å²) in [6.45, 7) is 1.49. The van der Waals surface area contributed by atoms with Crippen molar-refractivity contribution < 1.29 is 23.1 Å². The van der Waals surface area contributed by atoms with Gasteiger partial charge in [-0.2, -0.15) is 0 Å². The van der Waals surface area contributed by atoms with E-state index in [9.17, 15) is 18.4 Å². The number of nitrogens with one attached hydrogen (secondary N) is 2. The Morgan fingerprint density at radius 3 is 2.43 bits per heavy atom. The van der Waals surface area contributed by atoms with Gasteiger partial charge in [0.2, 0.25) is 0 Å². The fourth-order valence-electron chi connectivity index (χ4n) is 2.46. The average molecular weight is 327 g/mol. The van der Waals surface area contributed by atoms with Gasteiger partial charge in [0, 0.05) is 19.6 Å². The lowest BCUT2D eigenvalue weighted by atomic mass is 9.97. The lowest BCUT2D eigenvalue weighted by Gasteiger charge is -2.30. The maximum absolute atomic E-state index is 13.4. The second kappa shape index (κ2) is 7.75. The predicted octanol–water partition coefficient (Wildman–Crippen LogP) is 2.56. The van der Waals surface area contributed by atoms with Gasteiger partial charge in [0.05, 0.1) is 7.11 Å². The zero-order valence-corrected chi connectivity index (χ0v) is 12.8. The molecule has 0 aliphatic carbocycles. The molecule has 23 heavy (non-hydrogen) atoms. The molecule has 1 aromatic rings. The molecule has 0 bridgehead atoms. The number of likely N-dealkylation sites (tertiary alicyclic amines) is 1. The molecule has 1 aliphatic heterocycles. The Labute approximate surface area is 132 Å².